The van der Waals surface area contributed by atoms with E-state index in [1.165, 1.54) is 4.90 Å². The Balaban J connectivity index is 1.70. The molecule has 0 saturated carbocycles. The van der Waals surface area contributed by atoms with Crippen LogP contribution in [0.4, 0.5) is 5.69 Å². The van der Waals surface area contributed by atoms with E-state index in [0.717, 1.165) is 35.9 Å². The fourth-order valence-electron chi connectivity index (χ4n) is 2.64. The summed E-state index contributed by atoms with van der Waals surface area (Å²) in [7, 11) is 5.52. The van der Waals surface area contributed by atoms with Gasteiger partial charge >= 0.3 is 0 Å². The predicted molar refractivity (Wildman–Crippen MR) is 124 cm³/mol. The van der Waals surface area contributed by atoms with Gasteiger partial charge in [-0.1, -0.05) is 30.3 Å². The van der Waals surface area contributed by atoms with Crippen molar-refractivity contribution in [2.24, 2.45) is 4.99 Å². The van der Waals surface area contributed by atoms with E-state index in [2.05, 4.69) is 45.2 Å². The molecule has 0 aliphatic heterocycles. The largest absolute Gasteiger partial charge is 0.356 e. The number of carbonyl (C=O) groups excluding carboxylic acids is 1. The Hall–Kier alpha value is -2.51. The van der Waals surface area contributed by atoms with Crippen LogP contribution < -0.4 is 16.0 Å². The van der Waals surface area contributed by atoms with Crippen LogP contribution >= 0.6 is 11.8 Å². The van der Waals surface area contributed by atoms with E-state index in [-0.39, 0.29) is 5.91 Å². The number of hydrogen-bond donors (Lipinski definition) is 3. The first kappa shape index (κ1) is 22.8. The van der Waals surface area contributed by atoms with Gasteiger partial charge in [0.1, 0.15) is 0 Å². The Kier molecular flexibility index (Phi) is 10.1. The number of aliphatic imine (C=N–C) groups is 1. The van der Waals surface area contributed by atoms with Gasteiger partial charge in [-0.25, -0.2) is 0 Å². The number of guanidine groups is 1. The predicted octanol–water partition coefficient (Wildman–Crippen LogP) is 3.03. The lowest BCUT2D eigenvalue weighted by Gasteiger charge is -2.13. The monoisotopic (exact) mass is 413 g/mol. The molecule has 2 aromatic carbocycles. The van der Waals surface area contributed by atoms with Crippen molar-refractivity contribution in [3.05, 3.63) is 60.2 Å². The summed E-state index contributed by atoms with van der Waals surface area (Å²) < 4.78 is 0. The number of hydrogen-bond acceptors (Lipinski definition) is 4. The van der Waals surface area contributed by atoms with Crippen molar-refractivity contribution in [1.82, 2.24) is 15.5 Å². The van der Waals surface area contributed by atoms with Crippen molar-refractivity contribution >= 4 is 29.3 Å². The van der Waals surface area contributed by atoms with E-state index < -0.39 is 0 Å². The van der Waals surface area contributed by atoms with Crippen LogP contribution in [0.1, 0.15) is 12.0 Å². The Bertz CT molecular complexity index is 780. The zero-order valence-electron chi connectivity index (χ0n) is 17.4. The van der Waals surface area contributed by atoms with Gasteiger partial charge in [0.05, 0.1) is 6.54 Å². The molecule has 0 fully saturated rings. The number of carbonyl (C=O) groups is 1. The summed E-state index contributed by atoms with van der Waals surface area (Å²) >= 11 is 1.86. The van der Waals surface area contributed by atoms with Crippen LogP contribution in [0.25, 0.3) is 0 Å². The summed E-state index contributed by atoms with van der Waals surface area (Å²) in [6, 6.07) is 18.3. The average molecular weight is 414 g/mol. The molecule has 0 aromatic heterocycles. The highest BCUT2D eigenvalue weighted by Gasteiger charge is 2.05. The maximum Gasteiger partial charge on any atom is 0.238 e. The molecule has 0 heterocycles. The molecule has 6 nitrogen and oxygen atoms in total. The van der Waals surface area contributed by atoms with Crippen LogP contribution in [0.2, 0.25) is 0 Å². The van der Waals surface area contributed by atoms with Crippen LogP contribution in [-0.4, -0.2) is 56.8 Å². The zero-order valence-corrected chi connectivity index (χ0v) is 18.3. The number of thioether (sulfide) groups is 1. The van der Waals surface area contributed by atoms with Gasteiger partial charge in [-0.15, -0.1) is 11.8 Å². The molecule has 7 heteroatoms. The topological polar surface area (TPSA) is 68.8 Å². The number of anilines is 1. The average Bonchev–Trinajstić information content (AvgIpc) is 2.70. The third-order valence-electron chi connectivity index (χ3n) is 3.98. The first-order valence-corrected chi connectivity index (χ1v) is 10.7. The van der Waals surface area contributed by atoms with Gasteiger partial charge in [0.15, 0.2) is 5.96 Å². The molecule has 0 aliphatic rings. The maximum absolute atomic E-state index is 11.9. The number of nitrogens with one attached hydrogen (secondary N) is 3. The third-order valence-corrected chi connectivity index (χ3v) is 5.08. The number of amides is 1. The van der Waals surface area contributed by atoms with Crippen LogP contribution in [0.3, 0.4) is 0 Å². The van der Waals surface area contributed by atoms with Gasteiger partial charge in [-0.05, 0) is 56.1 Å². The highest BCUT2D eigenvalue weighted by atomic mass is 32.2. The second-order valence-electron chi connectivity index (χ2n) is 6.85. The van der Waals surface area contributed by atoms with E-state index in [9.17, 15) is 4.79 Å². The summed E-state index contributed by atoms with van der Waals surface area (Å²) in [5, 5.41) is 9.58. The first-order valence-electron chi connectivity index (χ1n) is 9.72. The van der Waals surface area contributed by atoms with E-state index >= 15 is 0 Å². The SMILES string of the molecule is CN=C(NCCCSc1ccccc1)NCc1cccc(NC(=O)CN(C)C)c1. The van der Waals surface area contributed by atoms with Crippen molar-refractivity contribution in [2.75, 3.05) is 45.3 Å². The molecule has 0 saturated heterocycles. The highest BCUT2D eigenvalue weighted by Crippen LogP contribution is 2.17. The van der Waals surface area contributed by atoms with E-state index in [1.807, 2.05) is 61.1 Å². The quantitative estimate of drug-likeness (QED) is 0.242. The van der Waals surface area contributed by atoms with Crippen LogP contribution in [-0.2, 0) is 11.3 Å². The Morgan fingerprint density at radius 2 is 1.86 bits per heavy atom. The number of rotatable bonds is 10. The Morgan fingerprint density at radius 1 is 1.07 bits per heavy atom. The van der Waals surface area contributed by atoms with Gasteiger partial charge < -0.3 is 20.9 Å². The second-order valence-corrected chi connectivity index (χ2v) is 8.02. The molecule has 0 spiro atoms. The van der Waals surface area contributed by atoms with E-state index in [1.54, 1.807) is 7.05 Å². The fraction of sp³-hybridized carbons (Fsp3) is 0.364. The molecular weight excluding hydrogens is 382 g/mol. The third kappa shape index (κ3) is 9.49. The summed E-state index contributed by atoms with van der Waals surface area (Å²) in [5.41, 5.74) is 1.88. The second kappa shape index (κ2) is 12.9. The molecule has 0 atom stereocenters. The molecule has 1 amide bonds. The minimum atomic E-state index is -0.0223. The summed E-state index contributed by atoms with van der Waals surface area (Å²) in [5.74, 6) is 1.81. The zero-order chi connectivity index (χ0) is 20.9. The minimum absolute atomic E-state index is 0.0223. The lowest BCUT2D eigenvalue weighted by Crippen LogP contribution is -2.37. The van der Waals surface area contributed by atoms with Crippen LogP contribution in [0.15, 0.2) is 64.5 Å². The number of benzene rings is 2. The molecule has 2 aromatic rings. The molecule has 0 radical (unpaired) electrons. The molecular formula is C22H31N5OS. The van der Waals surface area contributed by atoms with E-state index in [4.69, 9.17) is 0 Å². The lowest BCUT2D eigenvalue weighted by atomic mass is 10.2. The molecule has 29 heavy (non-hydrogen) atoms. The van der Waals surface area contributed by atoms with Crippen LogP contribution in [0, 0.1) is 0 Å². The van der Waals surface area contributed by atoms with Crippen molar-refractivity contribution in [1.29, 1.82) is 0 Å². The van der Waals surface area contributed by atoms with Gasteiger partial charge in [0, 0.05) is 30.7 Å². The Labute approximate surface area is 178 Å². The molecule has 0 bridgehead atoms. The van der Waals surface area contributed by atoms with Crippen molar-refractivity contribution in [3.8, 4) is 0 Å². The minimum Gasteiger partial charge on any atom is -0.356 e. The maximum atomic E-state index is 11.9. The lowest BCUT2D eigenvalue weighted by molar-refractivity contribution is -0.116. The van der Waals surface area contributed by atoms with Crippen molar-refractivity contribution in [2.45, 2.75) is 17.9 Å². The van der Waals surface area contributed by atoms with Gasteiger partial charge in [0.25, 0.3) is 0 Å². The first-order chi connectivity index (χ1) is 14.1. The number of nitrogens with zero attached hydrogens (tertiary/aromatic N) is 2. The van der Waals surface area contributed by atoms with Gasteiger partial charge in [0.2, 0.25) is 5.91 Å². The summed E-state index contributed by atoms with van der Waals surface area (Å²) in [6.45, 7) is 1.86. The molecule has 0 aliphatic carbocycles. The molecule has 156 valence electrons. The number of likely N-dealkylation sites (N-methyl/N-ethyl adjacent to an activating group) is 1. The Morgan fingerprint density at radius 3 is 2.59 bits per heavy atom. The van der Waals surface area contributed by atoms with Gasteiger partial charge in [-0.3, -0.25) is 9.79 Å². The smallest absolute Gasteiger partial charge is 0.238 e. The fourth-order valence-corrected chi connectivity index (χ4v) is 3.51. The van der Waals surface area contributed by atoms with E-state index in [0.29, 0.717) is 13.1 Å². The van der Waals surface area contributed by atoms with Crippen molar-refractivity contribution in [3.63, 3.8) is 0 Å². The van der Waals surface area contributed by atoms with Gasteiger partial charge in [-0.2, -0.15) is 0 Å². The van der Waals surface area contributed by atoms with Crippen molar-refractivity contribution < 1.29 is 4.79 Å². The summed E-state index contributed by atoms with van der Waals surface area (Å²) in [4.78, 5) is 19.3. The highest BCUT2D eigenvalue weighted by molar-refractivity contribution is 7.99. The molecule has 2 rings (SSSR count). The standard InChI is InChI=1S/C22H31N5OS/c1-23-22(24-13-8-14-29-20-11-5-4-6-12-20)25-16-18-9-7-10-19(15-18)26-21(28)17-27(2)3/h4-7,9-12,15H,8,13-14,16-17H2,1-3H3,(H,26,28)(H2,23,24,25). The summed E-state index contributed by atoms with van der Waals surface area (Å²) in [6.07, 6.45) is 1.05. The molecule has 0 unspecified atom stereocenters. The van der Waals surface area contributed by atoms with Crippen LogP contribution in [0.5, 0.6) is 0 Å². The molecule has 3 N–H and O–H groups in total. The normalized spacial score (nSPS) is 11.4.